The van der Waals surface area contributed by atoms with E-state index in [1.54, 1.807) is 22.8 Å². The molecular weight excluding hydrogens is 472 g/mol. The molecule has 1 unspecified atom stereocenters. The maximum Gasteiger partial charge on any atom is 0.324 e. The summed E-state index contributed by atoms with van der Waals surface area (Å²) in [6.07, 6.45) is 4.06. The van der Waals surface area contributed by atoms with Crippen molar-refractivity contribution in [1.29, 1.82) is 0 Å². The maximum absolute atomic E-state index is 13.9. The Hall–Kier alpha value is -2.85. The number of thiophene rings is 1. The van der Waals surface area contributed by atoms with Crippen LogP contribution in [0.5, 0.6) is 5.75 Å². The van der Waals surface area contributed by atoms with E-state index in [2.05, 4.69) is 5.32 Å². The summed E-state index contributed by atoms with van der Waals surface area (Å²) in [4.78, 5) is 46.9. The molecule has 1 saturated heterocycles. The third-order valence-corrected chi connectivity index (χ3v) is 8.34. The van der Waals surface area contributed by atoms with Crippen molar-refractivity contribution in [2.24, 2.45) is 0 Å². The van der Waals surface area contributed by atoms with Crippen LogP contribution in [0.1, 0.15) is 37.1 Å². The molecule has 0 radical (unpaired) electrons. The minimum atomic E-state index is -0.586. The summed E-state index contributed by atoms with van der Waals surface area (Å²) in [7, 11) is 0. The predicted molar refractivity (Wildman–Crippen MR) is 133 cm³/mol. The Labute approximate surface area is 205 Å². The third-order valence-electron chi connectivity index (χ3n) is 6.12. The van der Waals surface area contributed by atoms with Gasteiger partial charge >= 0.3 is 6.03 Å². The van der Waals surface area contributed by atoms with Crippen molar-refractivity contribution >= 4 is 45.3 Å². The van der Waals surface area contributed by atoms with E-state index in [9.17, 15) is 14.4 Å². The molecule has 2 aromatic heterocycles. The maximum atomic E-state index is 13.9. The molecule has 1 aliphatic carbocycles. The van der Waals surface area contributed by atoms with Gasteiger partial charge in [-0.15, -0.1) is 11.3 Å². The average molecular weight is 499 g/mol. The first-order chi connectivity index (χ1) is 16.5. The number of carbonyl (C=O) groups is 2. The highest BCUT2D eigenvalue weighted by Gasteiger charge is 2.32. The molecule has 1 N–H and O–H groups in total. The van der Waals surface area contributed by atoms with Crippen molar-refractivity contribution in [1.82, 2.24) is 19.8 Å². The second kappa shape index (κ2) is 9.42. The largest absolute Gasteiger partial charge is 0.494 e. The molecule has 10 heteroatoms. The molecule has 5 rings (SSSR count). The molecule has 34 heavy (non-hydrogen) atoms. The fourth-order valence-corrected chi connectivity index (χ4v) is 6.75. The van der Waals surface area contributed by atoms with Gasteiger partial charge in [0.25, 0.3) is 5.56 Å². The van der Waals surface area contributed by atoms with Gasteiger partial charge in [0, 0.05) is 18.0 Å². The number of hydrogen-bond donors (Lipinski definition) is 1. The molecule has 0 spiro atoms. The standard InChI is InChI=1S/C24H26N4O4S2/c1-3-32-16-10-8-15(9-11-16)28-22(30)19-17-6-4-5-7-18(17)34-20(19)26-24(28)33-14(2)21(29)27-13-12-25-23(27)31/h8-11,14H,3-7,12-13H2,1-2H3,(H,25,31). The molecule has 3 heterocycles. The van der Waals surface area contributed by atoms with E-state index in [0.717, 1.165) is 41.8 Å². The van der Waals surface area contributed by atoms with Crippen molar-refractivity contribution < 1.29 is 14.3 Å². The molecular formula is C24H26N4O4S2. The van der Waals surface area contributed by atoms with Crippen LogP contribution < -0.4 is 15.6 Å². The number of ether oxygens (including phenoxy) is 1. The van der Waals surface area contributed by atoms with Crippen LogP contribution in [-0.2, 0) is 17.6 Å². The monoisotopic (exact) mass is 498 g/mol. The van der Waals surface area contributed by atoms with E-state index in [0.29, 0.717) is 35.9 Å². The first kappa shape index (κ1) is 22.9. The van der Waals surface area contributed by atoms with Crippen LogP contribution in [0.2, 0.25) is 0 Å². The Morgan fingerprint density at radius 1 is 1.24 bits per heavy atom. The second-order valence-electron chi connectivity index (χ2n) is 8.33. The molecule has 3 aromatic rings. The van der Waals surface area contributed by atoms with Crippen molar-refractivity contribution in [3.63, 3.8) is 0 Å². The Bertz CT molecular complexity index is 1320. The van der Waals surface area contributed by atoms with Gasteiger partial charge in [0.2, 0.25) is 5.91 Å². The number of fused-ring (bicyclic) bond motifs is 3. The Morgan fingerprint density at radius 3 is 2.71 bits per heavy atom. The minimum absolute atomic E-state index is 0.116. The average Bonchev–Trinajstić information content (AvgIpc) is 3.43. The third kappa shape index (κ3) is 4.09. The van der Waals surface area contributed by atoms with Crippen molar-refractivity contribution in [3.05, 3.63) is 45.1 Å². The predicted octanol–water partition coefficient (Wildman–Crippen LogP) is 3.76. The number of rotatable bonds is 6. The molecule has 1 atom stereocenters. The van der Waals surface area contributed by atoms with Gasteiger partial charge in [-0.3, -0.25) is 19.1 Å². The van der Waals surface area contributed by atoms with Gasteiger partial charge in [0.1, 0.15) is 10.6 Å². The molecule has 1 aliphatic heterocycles. The summed E-state index contributed by atoms with van der Waals surface area (Å²) < 4.78 is 7.15. The Kier molecular flexibility index (Phi) is 6.35. The number of aryl methyl sites for hydroxylation is 2. The second-order valence-corrected chi connectivity index (χ2v) is 10.7. The van der Waals surface area contributed by atoms with Crippen molar-refractivity contribution in [2.45, 2.75) is 49.9 Å². The number of imide groups is 1. The molecule has 2 aliphatic rings. The van der Waals surface area contributed by atoms with Crippen LogP contribution in [0.25, 0.3) is 15.9 Å². The molecule has 0 bridgehead atoms. The van der Waals surface area contributed by atoms with Crippen LogP contribution in [-0.4, -0.2) is 51.3 Å². The minimum Gasteiger partial charge on any atom is -0.494 e. The van der Waals surface area contributed by atoms with Crippen molar-refractivity contribution in [3.8, 4) is 11.4 Å². The number of urea groups is 1. The number of amides is 3. The van der Waals surface area contributed by atoms with Crippen LogP contribution in [0.15, 0.2) is 34.2 Å². The van der Waals surface area contributed by atoms with Gasteiger partial charge in [-0.25, -0.2) is 9.78 Å². The summed E-state index contributed by atoms with van der Waals surface area (Å²) in [6, 6.07) is 6.95. The van der Waals surface area contributed by atoms with E-state index in [1.165, 1.54) is 21.5 Å². The highest BCUT2D eigenvalue weighted by molar-refractivity contribution is 8.00. The Morgan fingerprint density at radius 2 is 2.00 bits per heavy atom. The quantitative estimate of drug-likeness (QED) is 0.411. The lowest BCUT2D eigenvalue weighted by atomic mass is 9.97. The number of aromatic nitrogens is 2. The van der Waals surface area contributed by atoms with Crippen LogP contribution in [0, 0.1) is 0 Å². The van der Waals surface area contributed by atoms with Gasteiger partial charge in [0.15, 0.2) is 5.16 Å². The zero-order chi connectivity index (χ0) is 23.8. The highest BCUT2D eigenvalue weighted by Crippen LogP contribution is 2.36. The number of nitrogens with zero attached hydrogens (tertiary/aromatic N) is 3. The molecule has 3 amide bonds. The highest BCUT2D eigenvalue weighted by atomic mass is 32.2. The van der Waals surface area contributed by atoms with Gasteiger partial charge in [-0.2, -0.15) is 0 Å². The normalized spacial score (nSPS) is 16.4. The summed E-state index contributed by atoms with van der Waals surface area (Å²) >= 11 is 2.79. The first-order valence-electron chi connectivity index (χ1n) is 11.5. The van der Waals surface area contributed by atoms with Crippen LogP contribution in [0.4, 0.5) is 4.79 Å². The molecule has 1 fully saturated rings. The lowest BCUT2D eigenvalue weighted by Crippen LogP contribution is -2.39. The summed E-state index contributed by atoms with van der Waals surface area (Å²) in [5.41, 5.74) is 1.67. The zero-order valence-corrected chi connectivity index (χ0v) is 20.8. The van der Waals surface area contributed by atoms with Crippen LogP contribution >= 0.6 is 23.1 Å². The van der Waals surface area contributed by atoms with Crippen molar-refractivity contribution in [2.75, 3.05) is 19.7 Å². The number of carbonyl (C=O) groups excluding carboxylic acids is 2. The van der Waals surface area contributed by atoms with E-state index < -0.39 is 5.25 Å². The first-order valence-corrected chi connectivity index (χ1v) is 13.2. The molecule has 1 aromatic carbocycles. The van der Waals surface area contributed by atoms with Crippen LogP contribution in [0.3, 0.4) is 0 Å². The Balaban J connectivity index is 1.60. The summed E-state index contributed by atoms with van der Waals surface area (Å²) in [6.45, 7) is 5.02. The topological polar surface area (TPSA) is 93.5 Å². The number of hydrogen-bond acceptors (Lipinski definition) is 7. The van der Waals surface area contributed by atoms with Gasteiger partial charge < -0.3 is 10.1 Å². The fourth-order valence-electron chi connectivity index (χ4n) is 4.46. The van der Waals surface area contributed by atoms with E-state index in [1.807, 2.05) is 31.2 Å². The molecule has 0 saturated carbocycles. The number of benzene rings is 1. The lowest BCUT2D eigenvalue weighted by molar-refractivity contribution is -0.126. The molecule has 8 nitrogen and oxygen atoms in total. The SMILES string of the molecule is CCOc1ccc(-n2c(SC(C)C(=O)N3CCNC3=O)nc3sc4c(c3c2=O)CCCC4)cc1. The van der Waals surface area contributed by atoms with E-state index in [-0.39, 0.29) is 17.5 Å². The summed E-state index contributed by atoms with van der Waals surface area (Å²) in [5, 5.41) is 3.21. The van der Waals surface area contributed by atoms with E-state index in [4.69, 9.17) is 9.72 Å². The molecule has 178 valence electrons. The van der Waals surface area contributed by atoms with Gasteiger partial charge in [0.05, 0.1) is 22.9 Å². The fraction of sp³-hybridized carbons (Fsp3) is 0.417. The zero-order valence-electron chi connectivity index (χ0n) is 19.1. The van der Waals surface area contributed by atoms with E-state index >= 15 is 0 Å². The number of nitrogens with one attached hydrogen (secondary N) is 1. The van der Waals surface area contributed by atoms with Gasteiger partial charge in [-0.1, -0.05) is 11.8 Å². The summed E-state index contributed by atoms with van der Waals surface area (Å²) in [5.74, 6) is 0.428. The smallest absolute Gasteiger partial charge is 0.324 e. The van der Waals surface area contributed by atoms with Gasteiger partial charge in [-0.05, 0) is 69.4 Å². The lowest BCUT2D eigenvalue weighted by Gasteiger charge is -2.19. The number of thioether (sulfide) groups is 1.